The Morgan fingerprint density at radius 1 is 1.42 bits per heavy atom. The number of amides is 2. The van der Waals surface area contributed by atoms with E-state index in [-0.39, 0.29) is 17.9 Å². The van der Waals surface area contributed by atoms with Crippen LogP contribution in [0.15, 0.2) is 35.5 Å². The number of benzene rings is 1. The van der Waals surface area contributed by atoms with Crippen molar-refractivity contribution >= 4 is 29.5 Å². The molecule has 3 rings (SSSR count). The molecule has 2 heterocycles. The zero-order valence-corrected chi connectivity index (χ0v) is 13.6. The summed E-state index contributed by atoms with van der Waals surface area (Å²) < 4.78 is 0. The van der Waals surface area contributed by atoms with Gasteiger partial charge in [-0.05, 0) is 18.6 Å². The van der Waals surface area contributed by atoms with Crippen molar-refractivity contribution in [3.63, 3.8) is 0 Å². The number of aromatic hydroxyl groups is 1. The van der Waals surface area contributed by atoms with Gasteiger partial charge in [0.2, 0.25) is 5.91 Å². The maximum atomic E-state index is 12.2. The van der Waals surface area contributed by atoms with Crippen molar-refractivity contribution in [1.29, 1.82) is 0 Å². The highest BCUT2D eigenvalue weighted by atomic mass is 32.2. The second kappa shape index (κ2) is 6.20. The van der Waals surface area contributed by atoms with Gasteiger partial charge in [-0.1, -0.05) is 18.2 Å². The molecule has 2 amide bonds. The molecule has 0 aromatic heterocycles. The van der Waals surface area contributed by atoms with E-state index in [2.05, 4.69) is 5.32 Å². The van der Waals surface area contributed by atoms with Gasteiger partial charge in [-0.3, -0.25) is 14.5 Å². The van der Waals surface area contributed by atoms with Gasteiger partial charge >= 0.3 is 0 Å². The molecule has 1 aromatic carbocycles. The number of nitrogens with one attached hydrogen (secondary N) is 1. The first kappa shape index (κ1) is 16.4. The number of nitrogens with zero attached hydrogens (tertiary/aromatic N) is 1. The van der Waals surface area contributed by atoms with E-state index in [4.69, 9.17) is 0 Å². The van der Waals surface area contributed by atoms with Crippen LogP contribution in [0, 0.1) is 0 Å². The third-order valence-corrected chi connectivity index (χ3v) is 5.44. The Morgan fingerprint density at radius 3 is 2.79 bits per heavy atom. The van der Waals surface area contributed by atoms with Crippen LogP contribution in [-0.4, -0.2) is 45.0 Å². The van der Waals surface area contributed by atoms with Gasteiger partial charge in [0.05, 0.1) is 18.1 Å². The molecule has 1 unspecified atom stereocenters. The summed E-state index contributed by atoms with van der Waals surface area (Å²) in [5.41, 5.74) is 0.930. The predicted molar refractivity (Wildman–Crippen MR) is 84.5 cm³/mol. The third kappa shape index (κ3) is 2.73. The molecular formula is C16H15N2O5S-. The summed E-state index contributed by atoms with van der Waals surface area (Å²) in [6, 6.07) is 5.69. The number of para-hydroxylation sites is 1. The van der Waals surface area contributed by atoms with Gasteiger partial charge in [0, 0.05) is 11.3 Å². The molecule has 2 N–H and O–H groups in total. The minimum atomic E-state index is -1.38. The number of phenolic OH excluding ortho intramolecular Hbond substituents is 1. The van der Waals surface area contributed by atoms with E-state index >= 15 is 0 Å². The Kier molecular flexibility index (Phi) is 4.23. The number of thioether (sulfide) groups is 1. The number of carbonyl (C=O) groups is 3. The molecule has 0 saturated carbocycles. The van der Waals surface area contributed by atoms with E-state index in [1.165, 1.54) is 22.7 Å². The van der Waals surface area contributed by atoms with Crippen LogP contribution in [0.1, 0.15) is 12.5 Å². The number of carbonyl (C=O) groups excluding carboxylic acids is 3. The zero-order valence-electron chi connectivity index (χ0n) is 12.8. The van der Waals surface area contributed by atoms with Gasteiger partial charge in [-0.2, -0.15) is 0 Å². The maximum absolute atomic E-state index is 12.2. The highest BCUT2D eigenvalue weighted by Crippen LogP contribution is 2.39. The summed E-state index contributed by atoms with van der Waals surface area (Å²) in [5.74, 6) is -1.78. The Morgan fingerprint density at radius 2 is 2.12 bits per heavy atom. The highest BCUT2D eigenvalue weighted by molar-refractivity contribution is 8.00. The summed E-state index contributed by atoms with van der Waals surface area (Å²) in [6.07, 6.45) is -0.0595. The van der Waals surface area contributed by atoms with E-state index in [1.807, 2.05) is 0 Å². The van der Waals surface area contributed by atoms with Crippen molar-refractivity contribution in [2.75, 3.05) is 5.75 Å². The number of carboxylic acid groups (broad SMARTS) is 1. The lowest BCUT2D eigenvalue weighted by molar-refractivity contribution is -0.301. The van der Waals surface area contributed by atoms with Crippen molar-refractivity contribution < 1.29 is 24.6 Å². The number of hydrogen-bond donors (Lipinski definition) is 2. The lowest BCUT2D eigenvalue weighted by Crippen LogP contribution is -2.71. The zero-order chi connectivity index (χ0) is 17.4. The van der Waals surface area contributed by atoms with Crippen LogP contribution < -0.4 is 10.4 Å². The van der Waals surface area contributed by atoms with Gasteiger partial charge in [-0.15, -0.1) is 11.8 Å². The highest BCUT2D eigenvalue weighted by Gasteiger charge is 2.52. The lowest BCUT2D eigenvalue weighted by Gasteiger charge is -2.50. The van der Waals surface area contributed by atoms with Crippen LogP contribution >= 0.6 is 11.8 Å². The molecule has 8 heteroatoms. The van der Waals surface area contributed by atoms with Crippen LogP contribution in [0.5, 0.6) is 5.75 Å². The van der Waals surface area contributed by atoms with Crippen LogP contribution in [0.2, 0.25) is 0 Å². The summed E-state index contributed by atoms with van der Waals surface area (Å²) in [7, 11) is 0. The van der Waals surface area contributed by atoms with E-state index in [0.29, 0.717) is 16.9 Å². The first-order valence-electron chi connectivity index (χ1n) is 7.32. The summed E-state index contributed by atoms with van der Waals surface area (Å²) in [4.78, 5) is 36.8. The van der Waals surface area contributed by atoms with Gasteiger partial charge in [0.15, 0.2) is 0 Å². The van der Waals surface area contributed by atoms with E-state index in [1.54, 1.807) is 25.1 Å². The SMILES string of the molecule is CC1=C(C(=O)[O-])N2C(=O)C(NC(=O)Cc3ccccc3O)[C@H]2SC1. The number of hydrogen-bond acceptors (Lipinski definition) is 6. The second-order valence-electron chi connectivity index (χ2n) is 5.68. The van der Waals surface area contributed by atoms with Gasteiger partial charge in [0.25, 0.3) is 5.91 Å². The topological polar surface area (TPSA) is 110 Å². The molecule has 1 saturated heterocycles. The second-order valence-corrected chi connectivity index (χ2v) is 6.78. The Balaban J connectivity index is 1.68. The molecule has 1 aromatic rings. The Hall–Kier alpha value is -2.48. The van der Waals surface area contributed by atoms with Crippen LogP contribution in [0.3, 0.4) is 0 Å². The molecule has 0 spiro atoms. The first-order chi connectivity index (χ1) is 11.4. The summed E-state index contributed by atoms with van der Waals surface area (Å²) in [5, 5.41) is 23.1. The van der Waals surface area contributed by atoms with Crippen molar-refractivity contribution in [2.24, 2.45) is 0 Å². The van der Waals surface area contributed by atoms with Crippen molar-refractivity contribution in [3.8, 4) is 5.75 Å². The average Bonchev–Trinajstić information content (AvgIpc) is 2.54. The lowest BCUT2D eigenvalue weighted by atomic mass is 10.0. The molecule has 2 atom stereocenters. The smallest absolute Gasteiger partial charge is 0.253 e. The van der Waals surface area contributed by atoms with E-state index in [0.717, 1.165) is 0 Å². The predicted octanol–water partition coefficient (Wildman–Crippen LogP) is -0.641. The normalized spacial score (nSPS) is 22.7. The number of carboxylic acids is 1. The number of aliphatic carboxylic acids is 1. The fourth-order valence-corrected chi connectivity index (χ4v) is 4.11. The number of β-lactam (4-membered cyclic amide) rings is 1. The Bertz CT molecular complexity index is 761. The van der Waals surface area contributed by atoms with Gasteiger partial charge in [-0.25, -0.2) is 0 Å². The minimum Gasteiger partial charge on any atom is -0.543 e. The number of phenols is 1. The van der Waals surface area contributed by atoms with Crippen molar-refractivity contribution in [1.82, 2.24) is 10.2 Å². The molecule has 7 nitrogen and oxygen atoms in total. The molecule has 126 valence electrons. The Labute approximate surface area is 142 Å². The monoisotopic (exact) mass is 347 g/mol. The van der Waals surface area contributed by atoms with Crippen molar-refractivity contribution in [3.05, 3.63) is 41.1 Å². The first-order valence-corrected chi connectivity index (χ1v) is 8.37. The maximum Gasteiger partial charge on any atom is 0.253 e. The minimum absolute atomic E-state index is 0.0130. The summed E-state index contributed by atoms with van der Waals surface area (Å²) in [6.45, 7) is 1.64. The molecule has 0 aliphatic carbocycles. The molecule has 2 aliphatic rings. The molecular weight excluding hydrogens is 332 g/mol. The number of rotatable bonds is 4. The van der Waals surface area contributed by atoms with E-state index in [9.17, 15) is 24.6 Å². The number of fused-ring (bicyclic) bond motifs is 1. The van der Waals surface area contributed by atoms with Crippen LogP contribution in [-0.2, 0) is 20.8 Å². The molecule has 0 radical (unpaired) electrons. The molecule has 2 aliphatic heterocycles. The van der Waals surface area contributed by atoms with E-state index < -0.39 is 29.2 Å². The third-order valence-electron chi connectivity index (χ3n) is 4.01. The molecule has 1 fully saturated rings. The van der Waals surface area contributed by atoms with Gasteiger partial charge in [0.1, 0.15) is 17.2 Å². The average molecular weight is 347 g/mol. The molecule has 0 bridgehead atoms. The molecule has 24 heavy (non-hydrogen) atoms. The van der Waals surface area contributed by atoms with Gasteiger partial charge < -0.3 is 20.3 Å². The standard InChI is InChI=1S/C16H16N2O5S/c1-8-7-24-15-12(14(21)18(15)13(8)16(22)23)17-11(20)6-9-4-2-3-5-10(9)19/h2-5,12,15,19H,6-7H2,1H3,(H,17,20)(H,22,23)/p-1/t12?,15-/m1/s1. The van der Waals surface area contributed by atoms with Crippen molar-refractivity contribution in [2.45, 2.75) is 24.8 Å². The largest absolute Gasteiger partial charge is 0.543 e. The fraction of sp³-hybridized carbons (Fsp3) is 0.312. The fourth-order valence-electron chi connectivity index (χ4n) is 2.82. The van der Waals surface area contributed by atoms with Crippen LogP contribution in [0.4, 0.5) is 0 Å². The summed E-state index contributed by atoms with van der Waals surface area (Å²) >= 11 is 1.40. The van der Waals surface area contributed by atoms with Crippen LogP contribution in [0.25, 0.3) is 0 Å². The quantitative estimate of drug-likeness (QED) is 0.701.